The Labute approximate surface area is 207 Å². The molecule has 3 aromatic rings. The van der Waals surface area contributed by atoms with E-state index in [1.807, 2.05) is 13.8 Å². The minimum absolute atomic E-state index is 0.0227. The van der Waals surface area contributed by atoms with E-state index in [4.69, 9.17) is 4.74 Å². The highest BCUT2D eigenvalue weighted by atomic mass is 79.9. The van der Waals surface area contributed by atoms with Gasteiger partial charge < -0.3 is 20.1 Å². The molecule has 0 aliphatic carbocycles. The highest BCUT2D eigenvalue weighted by Gasteiger charge is 2.53. The lowest BCUT2D eigenvalue weighted by molar-refractivity contribution is 0.0241. The lowest BCUT2D eigenvalue weighted by Gasteiger charge is -2.36. The standard InChI is InChI=1S/C25H20Br2O6/c1-10-8-16(26)21(28)12(3)19(10)25(20-11(2)9-17(27)22(29)13(20)4)15-7-5-6-14(23(30)31)18(15)24(32)33-25/h5-9,28-29H,1-4H3,(H,30,31). The Bertz CT molecular complexity index is 1310. The van der Waals surface area contributed by atoms with E-state index in [2.05, 4.69) is 31.9 Å². The van der Waals surface area contributed by atoms with E-state index in [9.17, 15) is 24.9 Å². The number of hydrogen-bond acceptors (Lipinski definition) is 5. The molecule has 0 spiro atoms. The summed E-state index contributed by atoms with van der Waals surface area (Å²) in [6.07, 6.45) is 0. The molecule has 0 aromatic heterocycles. The molecule has 0 radical (unpaired) electrons. The molecule has 33 heavy (non-hydrogen) atoms. The quantitative estimate of drug-likeness (QED) is 0.330. The van der Waals surface area contributed by atoms with Crippen molar-refractivity contribution in [2.45, 2.75) is 33.3 Å². The third kappa shape index (κ3) is 3.19. The minimum atomic E-state index is -1.59. The van der Waals surface area contributed by atoms with Gasteiger partial charge in [0, 0.05) is 27.8 Å². The number of cyclic esters (lactones) is 1. The molecule has 1 aliphatic heterocycles. The van der Waals surface area contributed by atoms with Crippen molar-refractivity contribution < 1.29 is 29.6 Å². The van der Waals surface area contributed by atoms with Crippen molar-refractivity contribution in [1.82, 2.24) is 0 Å². The number of esters is 1. The Hall–Kier alpha value is -2.84. The first-order valence-electron chi connectivity index (χ1n) is 10.0. The summed E-state index contributed by atoms with van der Waals surface area (Å²) in [5.74, 6) is -2.08. The molecule has 0 saturated heterocycles. The number of carboxylic acid groups (broad SMARTS) is 1. The molecule has 0 bridgehead atoms. The van der Waals surface area contributed by atoms with Crippen molar-refractivity contribution >= 4 is 43.8 Å². The number of halogens is 2. The van der Waals surface area contributed by atoms with Gasteiger partial charge in [-0.05, 0) is 88.9 Å². The van der Waals surface area contributed by atoms with Crippen LogP contribution in [0.3, 0.4) is 0 Å². The van der Waals surface area contributed by atoms with Crippen LogP contribution < -0.4 is 0 Å². The van der Waals surface area contributed by atoms with Gasteiger partial charge in [0.05, 0.1) is 20.1 Å². The van der Waals surface area contributed by atoms with Gasteiger partial charge in [-0.15, -0.1) is 0 Å². The number of aromatic carboxylic acids is 1. The minimum Gasteiger partial charge on any atom is -0.506 e. The molecule has 3 aromatic carbocycles. The van der Waals surface area contributed by atoms with Crippen molar-refractivity contribution in [2.75, 3.05) is 0 Å². The van der Waals surface area contributed by atoms with Gasteiger partial charge in [-0.25, -0.2) is 9.59 Å². The van der Waals surface area contributed by atoms with Gasteiger partial charge >= 0.3 is 11.9 Å². The van der Waals surface area contributed by atoms with E-state index in [0.717, 1.165) is 0 Å². The van der Waals surface area contributed by atoms with Crippen LogP contribution in [0, 0.1) is 27.7 Å². The van der Waals surface area contributed by atoms with Gasteiger partial charge in [0.15, 0.2) is 5.60 Å². The largest absolute Gasteiger partial charge is 0.506 e. The number of carbonyl (C=O) groups excluding carboxylic acids is 1. The first-order chi connectivity index (χ1) is 15.4. The number of carbonyl (C=O) groups is 2. The SMILES string of the molecule is Cc1cc(Br)c(O)c(C)c1C1(c2c(C)cc(Br)c(O)c2C)OC(=O)c2c(C(=O)O)cccc21. The predicted octanol–water partition coefficient (Wildman–Crippen LogP) is 6.02. The van der Waals surface area contributed by atoms with E-state index >= 15 is 0 Å². The molecule has 0 saturated carbocycles. The van der Waals surface area contributed by atoms with Gasteiger partial charge in [-0.3, -0.25) is 0 Å². The number of phenolic OH excluding ortho intramolecular Hbond substituents is 2. The first-order valence-corrected chi connectivity index (χ1v) is 11.6. The normalized spacial score (nSPS) is 14.2. The van der Waals surface area contributed by atoms with Crippen LogP contribution >= 0.6 is 31.9 Å². The van der Waals surface area contributed by atoms with Crippen LogP contribution in [0.1, 0.15) is 59.7 Å². The summed E-state index contributed by atoms with van der Waals surface area (Å²) in [4.78, 5) is 25.2. The summed E-state index contributed by atoms with van der Waals surface area (Å²) in [7, 11) is 0. The van der Waals surface area contributed by atoms with Crippen LogP contribution in [-0.4, -0.2) is 27.3 Å². The molecule has 0 fully saturated rings. The van der Waals surface area contributed by atoms with Crippen molar-refractivity contribution in [1.29, 1.82) is 0 Å². The Morgan fingerprint density at radius 1 is 0.909 bits per heavy atom. The number of aromatic hydroxyl groups is 2. The molecular weight excluding hydrogens is 556 g/mol. The molecule has 1 aliphatic rings. The molecular formula is C25H20Br2O6. The summed E-state index contributed by atoms with van der Waals surface area (Å²) in [5, 5.41) is 31.3. The number of hydrogen-bond donors (Lipinski definition) is 3. The number of benzene rings is 3. The first kappa shape index (κ1) is 23.3. The molecule has 3 N–H and O–H groups in total. The van der Waals surface area contributed by atoms with Crippen molar-refractivity contribution in [2.24, 2.45) is 0 Å². The zero-order valence-corrected chi connectivity index (χ0v) is 21.4. The summed E-state index contributed by atoms with van der Waals surface area (Å²) in [5.41, 5.74) is 1.88. The van der Waals surface area contributed by atoms with E-state index < -0.39 is 17.5 Å². The average Bonchev–Trinajstić information content (AvgIpc) is 3.03. The zero-order chi connectivity index (χ0) is 24.4. The Morgan fingerprint density at radius 2 is 1.39 bits per heavy atom. The number of fused-ring (bicyclic) bond motifs is 1. The molecule has 6 nitrogen and oxygen atoms in total. The molecule has 170 valence electrons. The number of rotatable bonds is 3. The van der Waals surface area contributed by atoms with Crippen LogP contribution in [0.5, 0.6) is 11.5 Å². The van der Waals surface area contributed by atoms with Crippen LogP contribution in [-0.2, 0) is 10.3 Å². The van der Waals surface area contributed by atoms with Crippen LogP contribution in [0.4, 0.5) is 0 Å². The second kappa shape index (κ2) is 7.88. The highest BCUT2D eigenvalue weighted by molar-refractivity contribution is 9.10. The molecule has 4 rings (SSSR count). The second-order valence-electron chi connectivity index (χ2n) is 8.15. The predicted molar refractivity (Wildman–Crippen MR) is 129 cm³/mol. The van der Waals surface area contributed by atoms with Crippen molar-refractivity contribution in [3.05, 3.63) is 89.3 Å². The number of phenols is 2. The number of ether oxygens (including phenoxy) is 1. The van der Waals surface area contributed by atoms with Crippen molar-refractivity contribution in [3.8, 4) is 11.5 Å². The van der Waals surface area contributed by atoms with Gasteiger partial charge in [-0.1, -0.05) is 12.1 Å². The lowest BCUT2D eigenvalue weighted by Crippen LogP contribution is -2.33. The van der Waals surface area contributed by atoms with Crippen LogP contribution in [0.25, 0.3) is 0 Å². The smallest absolute Gasteiger partial charge is 0.341 e. The van der Waals surface area contributed by atoms with Gasteiger partial charge in [0.1, 0.15) is 11.5 Å². The molecule has 0 amide bonds. The third-order valence-corrected chi connectivity index (χ3v) is 7.43. The van der Waals surface area contributed by atoms with Crippen molar-refractivity contribution in [3.63, 3.8) is 0 Å². The molecule has 1 heterocycles. The second-order valence-corrected chi connectivity index (χ2v) is 9.86. The number of aryl methyl sites for hydroxylation is 2. The molecule has 0 unspecified atom stereocenters. The summed E-state index contributed by atoms with van der Waals surface area (Å²) >= 11 is 6.71. The Kier molecular flexibility index (Phi) is 5.57. The fraction of sp³-hybridized carbons (Fsp3) is 0.200. The topological polar surface area (TPSA) is 104 Å². The van der Waals surface area contributed by atoms with Crippen LogP contribution in [0.2, 0.25) is 0 Å². The van der Waals surface area contributed by atoms with Crippen LogP contribution in [0.15, 0.2) is 39.3 Å². The monoisotopic (exact) mass is 574 g/mol. The summed E-state index contributed by atoms with van der Waals surface area (Å²) in [6, 6.07) is 8.01. The average molecular weight is 576 g/mol. The fourth-order valence-electron chi connectivity index (χ4n) is 4.92. The summed E-state index contributed by atoms with van der Waals surface area (Å²) < 4.78 is 7.10. The summed E-state index contributed by atoms with van der Waals surface area (Å²) in [6.45, 7) is 7.07. The maximum Gasteiger partial charge on any atom is 0.341 e. The van der Waals surface area contributed by atoms with E-state index in [1.165, 1.54) is 6.07 Å². The Balaban J connectivity index is 2.28. The van der Waals surface area contributed by atoms with Gasteiger partial charge in [0.25, 0.3) is 0 Å². The van der Waals surface area contributed by atoms with Gasteiger partial charge in [-0.2, -0.15) is 0 Å². The van der Waals surface area contributed by atoms with E-state index in [1.54, 1.807) is 38.1 Å². The maximum atomic E-state index is 13.3. The maximum absolute atomic E-state index is 13.3. The Morgan fingerprint density at radius 3 is 1.85 bits per heavy atom. The zero-order valence-electron chi connectivity index (χ0n) is 18.2. The highest BCUT2D eigenvalue weighted by Crippen LogP contribution is 2.54. The fourth-order valence-corrected chi connectivity index (χ4v) is 6.20. The van der Waals surface area contributed by atoms with E-state index in [-0.39, 0.29) is 22.6 Å². The lowest BCUT2D eigenvalue weighted by atomic mass is 9.73. The van der Waals surface area contributed by atoms with E-state index in [0.29, 0.717) is 47.9 Å². The number of carboxylic acids is 1. The molecule has 8 heteroatoms. The third-order valence-electron chi connectivity index (χ3n) is 6.22. The van der Waals surface area contributed by atoms with Gasteiger partial charge in [0.2, 0.25) is 0 Å². The molecule has 0 atom stereocenters.